The molecule has 0 aromatic carbocycles. The molecule has 1 fully saturated rings. The molecule has 0 aromatic heterocycles. The summed E-state index contributed by atoms with van der Waals surface area (Å²) < 4.78 is 73.8. The van der Waals surface area contributed by atoms with Crippen molar-refractivity contribution in [3.63, 3.8) is 0 Å². The number of alkyl halides is 6. The SMILES string of the molecule is CC.OC(CCC1CCCC1)(C(F)(F)F)C(F)(F)F. The van der Waals surface area contributed by atoms with Gasteiger partial charge in [0, 0.05) is 0 Å². The van der Waals surface area contributed by atoms with Crippen LogP contribution in [-0.2, 0) is 0 Å². The second-order valence-corrected chi connectivity index (χ2v) is 4.54. The van der Waals surface area contributed by atoms with Crippen LogP contribution in [-0.4, -0.2) is 23.1 Å². The quantitative estimate of drug-likeness (QED) is 0.738. The molecule has 1 aliphatic rings. The highest BCUT2D eigenvalue weighted by Gasteiger charge is 2.69. The lowest BCUT2D eigenvalue weighted by atomic mass is 9.90. The summed E-state index contributed by atoms with van der Waals surface area (Å²) in [6.07, 6.45) is -9.94. The molecule has 0 unspecified atom stereocenters. The van der Waals surface area contributed by atoms with E-state index in [0.29, 0.717) is 12.8 Å². The minimum atomic E-state index is -5.68. The van der Waals surface area contributed by atoms with Gasteiger partial charge in [-0.05, 0) is 18.8 Å². The van der Waals surface area contributed by atoms with Crippen molar-refractivity contribution >= 4 is 0 Å². The predicted molar refractivity (Wildman–Crippen MR) is 59.6 cm³/mol. The third-order valence-electron chi connectivity index (χ3n) is 3.33. The predicted octanol–water partition coefficient (Wildman–Crippen LogP) is 4.84. The Bertz CT molecular complexity index is 238. The van der Waals surface area contributed by atoms with Crippen molar-refractivity contribution in [2.45, 2.75) is 70.3 Å². The normalized spacial score (nSPS) is 18.2. The second kappa shape index (κ2) is 6.81. The Balaban J connectivity index is 0.00000154. The molecular formula is C12H20F6O. The molecule has 1 N–H and O–H groups in total. The van der Waals surface area contributed by atoms with E-state index in [1.807, 2.05) is 13.8 Å². The van der Waals surface area contributed by atoms with Gasteiger partial charge in [-0.2, -0.15) is 26.3 Å². The average Bonchev–Trinajstić information content (AvgIpc) is 2.78. The van der Waals surface area contributed by atoms with E-state index in [1.54, 1.807) is 0 Å². The summed E-state index contributed by atoms with van der Waals surface area (Å²) in [6, 6.07) is 0. The Morgan fingerprint density at radius 3 is 1.58 bits per heavy atom. The van der Waals surface area contributed by atoms with Gasteiger partial charge in [-0.25, -0.2) is 0 Å². The summed E-state index contributed by atoms with van der Waals surface area (Å²) in [5, 5.41) is 8.89. The Hall–Kier alpha value is -0.460. The van der Waals surface area contributed by atoms with E-state index < -0.39 is 24.4 Å². The molecule has 19 heavy (non-hydrogen) atoms. The fourth-order valence-corrected chi connectivity index (χ4v) is 2.16. The molecule has 0 saturated heterocycles. The van der Waals surface area contributed by atoms with Gasteiger partial charge in [0.2, 0.25) is 0 Å². The van der Waals surface area contributed by atoms with E-state index in [4.69, 9.17) is 5.11 Å². The molecule has 0 spiro atoms. The van der Waals surface area contributed by atoms with Crippen LogP contribution < -0.4 is 0 Å². The highest BCUT2D eigenvalue weighted by molar-refractivity contribution is 4.94. The van der Waals surface area contributed by atoms with E-state index >= 15 is 0 Å². The molecule has 0 aromatic rings. The fourth-order valence-electron chi connectivity index (χ4n) is 2.16. The molecule has 1 rings (SSSR count). The minimum Gasteiger partial charge on any atom is -0.374 e. The molecule has 1 aliphatic carbocycles. The first-order chi connectivity index (χ1) is 8.58. The lowest BCUT2D eigenvalue weighted by molar-refractivity contribution is -0.370. The number of rotatable bonds is 3. The summed E-state index contributed by atoms with van der Waals surface area (Å²) in [5.41, 5.74) is -4.57. The van der Waals surface area contributed by atoms with E-state index in [0.717, 1.165) is 12.8 Å². The van der Waals surface area contributed by atoms with Gasteiger partial charge in [0.05, 0.1) is 0 Å². The lowest BCUT2D eigenvalue weighted by Gasteiger charge is -2.33. The average molecular weight is 294 g/mol. The van der Waals surface area contributed by atoms with Crippen molar-refractivity contribution < 1.29 is 31.4 Å². The van der Waals surface area contributed by atoms with Crippen LogP contribution in [0.2, 0.25) is 0 Å². The van der Waals surface area contributed by atoms with Crippen LogP contribution in [0.3, 0.4) is 0 Å². The summed E-state index contributed by atoms with van der Waals surface area (Å²) >= 11 is 0. The third-order valence-corrected chi connectivity index (χ3v) is 3.33. The molecule has 1 saturated carbocycles. The van der Waals surface area contributed by atoms with Gasteiger partial charge in [-0.3, -0.25) is 0 Å². The van der Waals surface area contributed by atoms with Crippen molar-refractivity contribution in [1.82, 2.24) is 0 Å². The van der Waals surface area contributed by atoms with Crippen molar-refractivity contribution in [3.8, 4) is 0 Å². The number of hydrogen-bond donors (Lipinski definition) is 1. The molecular weight excluding hydrogens is 274 g/mol. The summed E-state index contributed by atoms with van der Waals surface area (Å²) in [6.45, 7) is 4.00. The zero-order valence-electron chi connectivity index (χ0n) is 11.0. The molecule has 7 heteroatoms. The molecule has 0 bridgehead atoms. The van der Waals surface area contributed by atoms with Crippen LogP contribution in [0.4, 0.5) is 26.3 Å². The lowest BCUT2D eigenvalue weighted by Crippen LogP contribution is -2.56. The van der Waals surface area contributed by atoms with Gasteiger partial charge in [-0.1, -0.05) is 39.5 Å². The first-order valence-electron chi connectivity index (χ1n) is 6.44. The first kappa shape index (κ1) is 18.5. The minimum absolute atomic E-state index is 0.133. The van der Waals surface area contributed by atoms with E-state index in [9.17, 15) is 26.3 Å². The second-order valence-electron chi connectivity index (χ2n) is 4.54. The largest absolute Gasteiger partial charge is 0.426 e. The van der Waals surface area contributed by atoms with E-state index in [1.165, 1.54) is 0 Å². The maximum absolute atomic E-state index is 12.3. The van der Waals surface area contributed by atoms with E-state index in [2.05, 4.69) is 0 Å². The zero-order valence-corrected chi connectivity index (χ0v) is 11.0. The number of aliphatic hydroxyl groups is 1. The van der Waals surface area contributed by atoms with Crippen molar-refractivity contribution in [2.24, 2.45) is 5.92 Å². The Kier molecular flexibility index (Phi) is 6.65. The van der Waals surface area contributed by atoms with Gasteiger partial charge < -0.3 is 5.11 Å². The van der Waals surface area contributed by atoms with E-state index in [-0.39, 0.29) is 12.3 Å². The standard InChI is InChI=1S/C10H14F6O.C2H6/c11-9(12,13)8(17,10(14,15)16)6-5-7-3-1-2-4-7;1-2/h7,17H,1-6H2;1-2H3. The van der Waals surface area contributed by atoms with Crippen LogP contribution in [0, 0.1) is 5.92 Å². The molecule has 0 atom stereocenters. The summed E-state index contributed by atoms with van der Waals surface area (Å²) in [4.78, 5) is 0. The molecule has 0 heterocycles. The molecule has 0 amide bonds. The molecule has 116 valence electrons. The van der Waals surface area contributed by atoms with Crippen LogP contribution in [0.15, 0.2) is 0 Å². The number of hydrogen-bond acceptors (Lipinski definition) is 1. The van der Waals surface area contributed by atoms with Crippen molar-refractivity contribution in [3.05, 3.63) is 0 Å². The first-order valence-corrected chi connectivity index (χ1v) is 6.44. The Morgan fingerprint density at radius 2 is 1.26 bits per heavy atom. The highest BCUT2D eigenvalue weighted by atomic mass is 19.4. The topological polar surface area (TPSA) is 20.2 Å². The molecule has 1 nitrogen and oxygen atoms in total. The van der Waals surface area contributed by atoms with Crippen LogP contribution in [0.25, 0.3) is 0 Å². The molecule has 0 aliphatic heterocycles. The van der Waals surface area contributed by atoms with Crippen molar-refractivity contribution in [2.75, 3.05) is 0 Å². The monoisotopic (exact) mass is 294 g/mol. The van der Waals surface area contributed by atoms with Gasteiger partial charge in [0.25, 0.3) is 5.60 Å². The van der Waals surface area contributed by atoms with Crippen LogP contribution in [0.5, 0.6) is 0 Å². The Morgan fingerprint density at radius 1 is 0.895 bits per heavy atom. The van der Waals surface area contributed by atoms with Gasteiger partial charge >= 0.3 is 12.4 Å². The van der Waals surface area contributed by atoms with Crippen LogP contribution in [0.1, 0.15) is 52.4 Å². The fraction of sp³-hybridized carbons (Fsp3) is 1.00. The van der Waals surface area contributed by atoms with Gasteiger partial charge in [0.15, 0.2) is 0 Å². The maximum atomic E-state index is 12.3. The third kappa shape index (κ3) is 4.54. The number of halogens is 6. The smallest absolute Gasteiger partial charge is 0.374 e. The summed E-state index contributed by atoms with van der Waals surface area (Å²) in [5.74, 6) is -0.133. The Labute approximate surface area is 109 Å². The van der Waals surface area contributed by atoms with Gasteiger partial charge in [-0.15, -0.1) is 0 Å². The van der Waals surface area contributed by atoms with Crippen LogP contribution >= 0.6 is 0 Å². The van der Waals surface area contributed by atoms with Crippen molar-refractivity contribution in [1.29, 1.82) is 0 Å². The highest BCUT2D eigenvalue weighted by Crippen LogP contribution is 2.47. The molecule has 0 radical (unpaired) electrons. The summed E-state index contributed by atoms with van der Waals surface area (Å²) in [7, 11) is 0. The maximum Gasteiger partial charge on any atom is 0.426 e. The van der Waals surface area contributed by atoms with Gasteiger partial charge in [0.1, 0.15) is 0 Å². The zero-order chi connectivity index (χ0) is 15.3.